The first kappa shape index (κ1) is 43.9. The van der Waals surface area contributed by atoms with Crippen molar-refractivity contribution >= 4 is 115 Å². The van der Waals surface area contributed by atoms with Crippen molar-refractivity contribution in [2.45, 2.75) is 6.55 Å². The zero-order chi connectivity index (χ0) is 48.7. The number of para-hydroxylation sites is 6. The molecule has 0 radical (unpaired) electrons. The van der Waals surface area contributed by atoms with Gasteiger partial charge in [-0.1, -0.05) is 189 Å². The van der Waals surface area contributed by atoms with Crippen LogP contribution >= 0.6 is 0 Å². The molecule has 2 aliphatic rings. The molecular formula is C67H51BN4Si. The largest absolute Gasteiger partial charge is 0.311 e. The van der Waals surface area contributed by atoms with Crippen LogP contribution in [0.3, 0.4) is 0 Å². The Hall–Kier alpha value is -9.10. The minimum absolute atomic E-state index is 0.0998. The lowest BCUT2D eigenvalue weighted by Gasteiger charge is -2.46. The average molecular weight is 951 g/mol. The second kappa shape index (κ2) is 18.6. The quantitative estimate of drug-likeness (QED) is 0.0946. The number of fused-ring (bicyclic) bond motifs is 4. The van der Waals surface area contributed by atoms with Crippen molar-refractivity contribution in [1.82, 2.24) is 0 Å². The van der Waals surface area contributed by atoms with Crippen LogP contribution in [0.4, 0.5) is 68.2 Å². The number of rotatable bonds is 11. The normalized spacial score (nSPS) is 12.4. The highest BCUT2D eigenvalue weighted by atomic mass is 28.3. The van der Waals surface area contributed by atoms with Gasteiger partial charge in [0.15, 0.2) is 0 Å². The van der Waals surface area contributed by atoms with Crippen molar-refractivity contribution < 1.29 is 0 Å². The van der Waals surface area contributed by atoms with Gasteiger partial charge in [-0.25, -0.2) is 0 Å². The van der Waals surface area contributed by atoms with Gasteiger partial charge < -0.3 is 19.6 Å². The van der Waals surface area contributed by atoms with Crippen molar-refractivity contribution in [3.05, 3.63) is 291 Å². The summed E-state index contributed by atoms with van der Waals surface area (Å²) >= 11 is 0. The predicted octanol–water partition coefficient (Wildman–Crippen LogP) is 13.8. The van der Waals surface area contributed by atoms with Crippen LogP contribution in [0.5, 0.6) is 0 Å². The molecule has 0 aliphatic carbocycles. The number of benzene rings is 11. The van der Waals surface area contributed by atoms with E-state index in [0.717, 1.165) is 56.9 Å². The number of anilines is 12. The highest BCUT2D eigenvalue weighted by Crippen LogP contribution is 2.47. The molecule has 0 bridgehead atoms. The van der Waals surface area contributed by atoms with E-state index in [1.807, 2.05) is 0 Å². The monoisotopic (exact) mass is 950 g/mol. The fraction of sp³-hybridized carbons (Fsp3) is 0.0149. The van der Waals surface area contributed by atoms with Crippen LogP contribution in [0, 0.1) is 0 Å². The molecule has 11 aromatic carbocycles. The number of hydrogen-bond acceptors (Lipinski definition) is 4. The number of hydrogen-bond donors (Lipinski definition) is 0. The van der Waals surface area contributed by atoms with E-state index in [1.165, 1.54) is 43.3 Å². The molecule has 0 amide bonds. The van der Waals surface area contributed by atoms with E-state index in [1.54, 1.807) is 0 Å². The molecule has 73 heavy (non-hydrogen) atoms. The topological polar surface area (TPSA) is 13.0 Å². The Balaban J connectivity index is 1.14. The van der Waals surface area contributed by atoms with E-state index in [2.05, 4.69) is 317 Å². The Kier molecular flexibility index (Phi) is 11.2. The van der Waals surface area contributed by atoms with Crippen molar-refractivity contribution in [1.29, 1.82) is 0 Å². The maximum Gasteiger partial charge on any atom is 0.252 e. The predicted molar refractivity (Wildman–Crippen MR) is 313 cm³/mol. The van der Waals surface area contributed by atoms with Gasteiger partial charge in [-0.05, 0) is 141 Å². The van der Waals surface area contributed by atoms with Crippen LogP contribution in [0.25, 0.3) is 0 Å². The van der Waals surface area contributed by atoms with Gasteiger partial charge in [0, 0.05) is 68.2 Å². The summed E-state index contributed by atoms with van der Waals surface area (Å²) in [6.45, 7) is 2.44. The first-order chi connectivity index (χ1) is 36.1. The zero-order valence-corrected chi connectivity index (χ0v) is 41.6. The molecular weight excluding hydrogens is 900 g/mol. The maximum atomic E-state index is 2.57. The first-order valence-corrected chi connectivity index (χ1v) is 27.7. The lowest BCUT2D eigenvalue weighted by molar-refractivity contribution is 1.23. The average Bonchev–Trinajstić information content (AvgIpc) is 3.47. The summed E-state index contributed by atoms with van der Waals surface area (Å²) in [6, 6.07) is 107. The SMILES string of the molecule is C[Si](c1ccccc1)(c1ccccc1)c1cc2c3c(c1)N(c1ccccc1)c1cc(N(c4ccccc4)c4ccccc4)ccc1B3c1ccc(N(c3ccccc3)c3ccccc3)cc1N2c1ccccc1. The third-order valence-electron chi connectivity index (χ3n) is 14.9. The third-order valence-corrected chi connectivity index (χ3v) is 19.3. The van der Waals surface area contributed by atoms with Gasteiger partial charge in [0.05, 0.1) is 0 Å². The van der Waals surface area contributed by atoms with Crippen LogP contribution in [0.1, 0.15) is 0 Å². The Labute approximate surface area is 430 Å². The molecule has 0 spiro atoms. The molecule has 2 aliphatic heterocycles. The summed E-state index contributed by atoms with van der Waals surface area (Å²) in [5.41, 5.74) is 17.3. The zero-order valence-electron chi connectivity index (χ0n) is 40.6. The molecule has 13 rings (SSSR count). The third kappa shape index (κ3) is 7.63. The molecule has 0 atom stereocenters. The van der Waals surface area contributed by atoms with Crippen molar-refractivity contribution in [2.24, 2.45) is 0 Å². The Morgan fingerprint density at radius 3 is 0.918 bits per heavy atom. The second-order valence-corrected chi connectivity index (χ2v) is 23.0. The van der Waals surface area contributed by atoms with Crippen LogP contribution in [-0.4, -0.2) is 14.8 Å². The molecule has 0 fully saturated rings. The fourth-order valence-corrected chi connectivity index (χ4v) is 15.1. The lowest BCUT2D eigenvalue weighted by atomic mass is 9.33. The van der Waals surface area contributed by atoms with E-state index in [9.17, 15) is 0 Å². The summed E-state index contributed by atoms with van der Waals surface area (Å²) < 4.78 is 0. The molecule has 6 heteroatoms. The Bertz CT molecular complexity index is 3380. The van der Waals surface area contributed by atoms with Crippen LogP contribution in [-0.2, 0) is 0 Å². The fourth-order valence-electron chi connectivity index (χ4n) is 11.5. The summed E-state index contributed by atoms with van der Waals surface area (Å²) in [5, 5.41) is 4.06. The van der Waals surface area contributed by atoms with Gasteiger partial charge in [-0.15, -0.1) is 0 Å². The van der Waals surface area contributed by atoms with Crippen molar-refractivity contribution in [3.8, 4) is 0 Å². The summed E-state index contributed by atoms with van der Waals surface area (Å²) in [5.74, 6) is 0. The number of nitrogens with zero attached hydrogens (tertiary/aromatic N) is 4. The van der Waals surface area contributed by atoms with E-state index in [0.29, 0.717) is 0 Å². The van der Waals surface area contributed by atoms with Gasteiger partial charge in [-0.2, -0.15) is 0 Å². The summed E-state index contributed by atoms with van der Waals surface area (Å²) in [4.78, 5) is 9.89. The lowest BCUT2D eigenvalue weighted by Crippen LogP contribution is -2.66. The van der Waals surface area contributed by atoms with Crippen LogP contribution in [0.15, 0.2) is 291 Å². The van der Waals surface area contributed by atoms with Gasteiger partial charge in [0.1, 0.15) is 8.07 Å². The second-order valence-electron chi connectivity index (χ2n) is 19.1. The highest BCUT2D eigenvalue weighted by molar-refractivity contribution is 7.11. The molecule has 0 N–H and O–H groups in total. The summed E-state index contributed by atoms with van der Waals surface area (Å²) in [7, 11) is -2.73. The molecule has 4 nitrogen and oxygen atoms in total. The molecule has 0 aromatic heterocycles. The molecule has 0 saturated heterocycles. The smallest absolute Gasteiger partial charge is 0.252 e. The van der Waals surface area contributed by atoms with Gasteiger partial charge in [-0.3, -0.25) is 0 Å². The standard InChI is InChI=1S/C67H51BN4Si/c1-73(58-38-22-8-23-39-58,59-40-24-9-25-41-59)60-48-65-67-66(49-60)72(55-36-20-7-21-37-55)64-47-57(70(52-30-14-4-15-31-52)53-32-16-5-17-33-53)43-45-62(64)68(67)61-44-42-56(46-63(61)71(65)54-34-18-6-19-35-54)69(50-26-10-2-11-27-50)51-28-12-3-13-29-51/h2-49H,1H3. The first-order valence-electron chi connectivity index (χ1n) is 25.2. The Morgan fingerprint density at radius 2 is 0.589 bits per heavy atom. The maximum absolute atomic E-state index is 2.73. The molecule has 0 saturated carbocycles. The molecule has 11 aromatic rings. The van der Waals surface area contributed by atoms with E-state index < -0.39 is 8.07 Å². The van der Waals surface area contributed by atoms with Gasteiger partial charge in [0.25, 0.3) is 6.71 Å². The Morgan fingerprint density at radius 1 is 0.288 bits per heavy atom. The highest BCUT2D eigenvalue weighted by Gasteiger charge is 2.46. The molecule has 346 valence electrons. The van der Waals surface area contributed by atoms with Crippen LogP contribution in [0.2, 0.25) is 6.55 Å². The molecule has 2 heterocycles. The van der Waals surface area contributed by atoms with E-state index in [-0.39, 0.29) is 6.71 Å². The van der Waals surface area contributed by atoms with Crippen LogP contribution < -0.4 is 51.5 Å². The summed E-state index contributed by atoms with van der Waals surface area (Å²) in [6.07, 6.45) is 0. The van der Waals surface area contributed by atoms with E-state index in [4.69, 9.17) is 0 Å². The van der Waals surface area contributed by atoms with Crippen molar-refractivity contribution in [3.63, 3.8) is 0 Å². The minimum Gasteiger partial charge on any atom is -0.311 e. The molecule has 0 unspecified atom stereocenters. The van der Waals surface area contributed by atoms with Gasteiger partial charge in [0.2, 0.25) is 0 Å². The minimum atomic E-state index is -2.73. The van der Waals surface area contributed by atoms with Crippen molar-refractivity contribution in [2.75, 3.05) is 19.6 Å². The van der Waals surface area contributed by atoms with Gasteiger partial charge >= 0.3 is 0 Å². The van der Waals surface area contributed by atoms with E-state index >= 15 is 0 Å².